The predicted octanol–water partition coefficient (Wildman–Crippen LogP) is 2.95. The molecular formula is C19H20N4O2. The number of anilines is 1. The van der Waals surface area contributed by atoms with Gasteiger partial charge in [-0.3, -0.25) is 14.3 Å². The van der Waals surface area contributed by atoms with E-state index in [0.717, 1.165) is 29.7 Å². The molecule has 1 amide bonds. The number of imidazole rings is 1. The summed E-state index contributed by atoms with van der Waals surface area (Å²) in [5, 5.41) is 2.93. The largest absolute Gasteiger partial charge is 0.326 e. The smallest absolute Gasteiger partial charge is 0.322 e. The van der Waals surface area contributed by atoms with Gasteiger partial charge in [-0.05, 0) is 55.0 Å². The van der Waals surface area contributed by atoms with Gasteiger partial charge in [0.2, 0.25) is 0 Å². The van der Waals surface area contributed by atoms with Crippen molar-refractivity contribution in [2.75, 3.05) is 5.32 Å². The summed E-state index contributed by atoms with van der Waals surface area (Å²) in [6, 6.07) is 7.14. The number of aryl methyl sites for hydroxylation is 1. The summed E-state index contributed by atoms with van der Waals surface area (Å²) >= 11 is 0. The van der Waals surface area contributed by atoms with Crippen molar-refractivity contribution in [1.82, 2.24) is 14.5 Å². The number of benzene rings is 1. The zero-order valence-electron chi connectivity index (χ0n) is 14.1. The molecule has 6 nitrogen and oxygen atoms in total. The molecule has 1 aromatic carbocycles. The first-order valence-corrected chi connectivity index (χ1v) is 8.62. The molecule has 0 bridgehead atoms. The second-order valence-electron chi connectivity index (χ2n) is 6.56. The quantitative estimate of drug-likeness (QED) is 0.752. The summed E-state index contributed by atoms with van der Waals surface area (Å²) in [5.74, 6) is 0.414. The SMILES string of the molecule is CCc1cnccc1NC(=O)c1ccc2c(c1)[nH]c(=O)n2CC1CC1. The lowest BCUT2D eigenvalue weighted by molar-refractivity contribution is 0.102. The average Bonchev–Trinajstić information content (AvgIpc) is 3.39. The van der Waals surface area contributed by atoms with E-state index in [1.807, 2.05) is 13.0 Å². The molecule has 1 aliphatic rings. The van der Waals surface area contributed by atoms with Crippen LogP contribution in [0.15, 0.2) is 41.5 Å². The van der Waals surface area contributed by atoms with E-state index in [1.54, 1.807) is 35.2 Å². The van der Waals surface area contributed by atoms with Gasteiger partial charge in [0.15, 0.2) is 0 Å². The Bertz CT molecular complexity index is 998. The van der Waals surface area contributed by atoms with Crippen molar-refractivity contribution >= 4 is 22.6 Å². The zero-order valence-corrected chi connectivity index (χ0v) is 14.1. The Hall–Kier alpha value is -2.89. The van der Waals surface area contributed by atoms with E-state index in [2.05, 4.69) is 15.3 Å². The van der Waals surface area contributed by atoms with Crippen LogP contribution < -0.4 is 11.0 Å². The van der Waals surface area contributed by atoms with Crippen LogP contribution in [0.25, 0.3) is 11.0 Å². The van der Waals surface area contributed by atoms with Gasteiger partial charge >= 0.3 is 5.69 Å². The van der Waals surface area contributed by atoms with E-state index < -0.39 is 0 Å². The number of nitrogens with zero attached hydrogens (tertiary/aromatic N) is 2. The fraction of sp³-hybridized carbons (Fsp3) is 0.316. The number of H-pyrrole nitrogens is 1. The summed E-state index contributed by atoms with van der Waals surface area (Å²) in [7, 11) is 0. The van der Waals surface area contributed by atoms with Crippen molar-refractivity contribution < 1.29 is 4.79 Å². The molecule has 0 saturated heterocycles. The maximum Gasteiger partial charge on any atom is 0.326 e. The Kier molecular flexibility index (Phi) is 3.87. The highest BCUT2D eigenvalue weighted by Gasteiger charge is 2.23. The van der Waals surface area contributed by atoms with Crippen molar-refractivity contribution in [2.24, 2.45) is 5.92 Å². The fourth-order valence-electron chi connectivity index (χ4n) is 3.07. The van der Waals surface area contributed by atoms with Gasteiger partial charge in [-0.25, -0.2) is 4.79 Å². The zero-order chi connectivity index (χ0) is 17.4. The number of rotatable bonds is 5. The van der Waals surface area contributed by atoms with Gasteiger partial charge in [0.25, 0.3) is 5.91 Å². The average molecular weight is 336 g/mol. The first-order valence-electron chi connectivity index (χ1n) is 8.62. The van der Waals surface area contributed by atoms with Crippen LogP contribution in [0, 0.1) is 5.92 Å². The summed E-state index contributed by atoms with van der Waals surface area (Å²) in [6.45, 7) is 2.77. The Morgan fingerprint density at radius 2 is 2.20 bits per heavy atom. The molecule has 1 saturated carbocycles. The number of carbonyl (C=O) groups excluding carboxylic acids is 1. The van der Waals surface area contributed by atoms with Crippen LogP contribution in [0.3, 0.4) is 0 Å². The second-order valence-corrected chi connectivity index (χ2v) is 6.56. The molecule has 0 spiro atoms. The molecular weight excluding hydrogens is 316 g/mol. The van der Waals surface area contributed by atoms with Gasteiger partial charge in [0.05, 0.1) is 11.0 Å². The Balaban J connectivity index is 1.62. The molecule has 6 heteroatoms. The lowest BCUT2D eigenvalue weighted by Gasteiger charge is -2.09. The van der Waals surface area contributed by atoms with Gasteiger partial charge in [0, 0.05) is 30.2 Å². The molecule has 2 heterocycles. The topological polar surface area (TPSA) is 79.8 Å². The summed E-state index contributed by atoms with van der Waals surface area (Å²) in [4.78, 5) is 31.7. The van der Waals surface area contributed by atoms with Crippen molar-refractivity contribution in [2.45, 2.75) is 32.7 Å². The van der Waals surface area contributed by atoms with E-state index in [-0.39, 0.29) is 11.6 Å². The number of hydrogen-bond acceptors (Lipinski definition) is 3. The van der Waals surface area contributed by atoms with Gasteiger partial charge in [-0.2, -0.15) is 0 Å². The van der Waals surface area contributed by atoms with Crippen LogP contribution in [0.1, 0.15) is 35.7 Å². The number of fused-ring (bicyclic) bond motifs is 1. The normalized spacial score (nSPS) is 14.0. The predicted molar refractivity (Wildman–Crippen MR) is 96.9 cm³/mol. The summed E-state index contributed by atoms with van der Waals surface area (Å²) < 4.78 is 1.77. The Morgan fingerprint density at radius 3 is 2.96 bits per heavy atom. The van der Waals surface area contributed by atoms with Crippen LogP contribution in [0.4, 0.5) is 5.69 Å². The number of aromatic amines is 1. The lowest BCUT2D eigenvalue weighted by Crippen LogP contribution is -2.17. The summed E-state index contributed by atoms with van der Waals surface area (Å²) in [6.07, 6.45) is 6.58. The monoisotopic (exact) mass is 336 g/mol. The first kappa shape index (κ1) is 15.6. The van der Waals surface area contributed by atoms with E-state index >= 15 is 0 Å². The molecule has 0 aliphatic heterocycles. The fourth-order valence-corrected chi connectivity index (χ4v) is 3.07. The molecule has 2 aromatic heterocycles. The van der Waals surface area contributed by atoms with Gasteiger partial charge in [0.1, 0.15) is 0 Å². The number of pyridine rings is 1. The molecule has 0 radical (unpaired) electrons. The van der Waals surface area contributed by atoms with E-state index in [9.17, 15) is 9.59 Å². The van der Waals surface area contributed by atoms with Crippen molar-refractivity contribution in [3.63, 3.8) is 0 Å². The number of hydrogen-bond donors (Lipinski definition) is 2. The molecule has 2 N–H and O–H groups in total. The van der Waals surface area contributed by atoms with Gasteiger partial charge in [-0.15, -0.1) is 0 Å². The highest BCUT2D eigenvalue weighted by atomic mass is 16.2. The van der Waals surface area contributed by atoms with Crippen molar-refractivity contribution in [3.05, 3.63) is 58.3 Å². The van der Waals surface area contributed by atoms with Crippen LogP contribution >= 0.6 is 0 Å². The molecule has 0 unspecified atom stereocenters. The highest BCUT2D eigenvalue weighted by Crippen LogP contribution is 2.31. The van der Waals surface area contributed by atoms with Crippen LogP contribution in [-0.4, -0.2) is 20.4 Å². The highest BCUT2D eigenvalue weighted by molar-refractivity contribution is 6.06. The number of aromatic nitrogens is 3. The minimum absolute atomic E-state index is 0.109. The Morgan fingerprint density at radius 1 is 1.36 bits per heavy atom. The van der Waals surface area contributed by atoms with Crippen LogP contribution in [-0.2, 0) is 13.0 Å². The molecule has 4 rings (SSSR count). The number of nitrogens with one attached hydrogen (secondary N) is 2. The first-order chi connectivity index (χ1) is 12.2. The van der Waals surface area contributed by atoms with Crippen LogP contribution in [0.5, 0.6) is 0 Å². The van der Waals surface area contributed by atoms with Crippen LogP contribution in [0.2, 0.25) is 0 Å². The maximum atomic E-state index is 12.6. The molecule has 25 heavy (non-hydrogen) atoms. The van der Waals surface area contributed by atoms with Crippen molar-refractivity contribution in [3.8, 4) is 0 Å². The number of amides is 1. The van der Waals surface area contributed by atoms with Gasteiger partial charge < -0.3 is 10.3 Å². The molecule has 128 valence electrons. The molecule has 0 atom stereocenters. The molecule has 3 aromatic rings. The van der Waals surface area contributed by atoms with E-state index in [0.29, 0.717) is 17.0 Å². The standard InChI is InChI=1S/C19H20N4O2/c1-2-13-10-20-8-7-15(13)21-18(24)14-5-6-17-16(9-14)22-19(25)23(17)11-12-3-4-12/h5-10,12H,2-4,11H2,1H3,(H,22,25)(H,20,21,24). The minimum Gasteiger partial charge on any atom is -0.322 e. The van der Waals surface area contributed by atoms with Gasteiger partial charge in [-0.1, -0.05) is 6.92 Å². The van der Waals surface area contributed by atoms with E-state index in [4.69, 9.17) is 0 Å². The Labute approximate surface area is 144 Å². The maximum absolute atomic E-state index is 12.6. The third-order valence-corrected chi connectivity index (χ3v) is 4.71. The third kappa shape index (κ3) is 3.07. The summed E-state index contributed by atoms with van der Waals surface area (Å²) in [5.41, 5.74) is 3.71. The minimum atomic E-state index is -0.196. The lowest BCUT2D eigenvalue weighted by atomic mass is 10.1. The molecule has 1 aliphatic carbocycles. The van der Waals surface area contributed by atoms with E-state index in [1.165, 1.54) is 12.8 Å². The molecule has 1 fully saturated rings. The third-order valence-electron chi connectivity index (χ3n) is 4.71. The number of carbonyl (C=O) groups is 1. The second kappa shape index (κ2) is 6.20. The van der Waals surface area contributed by atoms with Crippen molar-refractivity contribution in [1.29, 1.82) is 0 Å².